The normalized spacial score (nSPS) is 23.4. The molecule has 0 aromatic carbocycles. The van der Waals surface area contributed by atoms with Crippen LogP contribution in [0, 0.1) is 0 Å². The Morgan fingerprint density at radius 1 is 1.21 bits per heavy atom. The second-order valence-electron chi connectivity index (χ2n) is 4.64. The molecule has 0 aliphatic carbocycles. The van der Waals surface area contributed by atoms with Crippen molar-refractivity contribution in [3.8, 4) is 0 Å². The first-order valence-electron chi connectivity index (χ1n) is 5.76. The molecule has 1 atom stereocenters. The van der Waals surface area contributed by atoms with Crippen LogP contribution in [0.3, 0.4) is 0 Å². The number of rotatable bonds is 5. The van der Waals surface area contributed by atoms with Crippen LogP contribution in [-0.4, -0.2) is 63.2 Å². The molecule has 1 N–H and O–H groups in total. The van der Waals surface area contributed by atoms with Crippen molar-refractivity contribution in [3.05, 3.63) is 0 Å². The fourth-order valence-electron chi connectivity index (χ4n) is 2.03. The Hall–Kier alpha value is -0.120. The predicted molar refractivity (Wildman–Crippen MR) is 61.7 cm³/mol. The third kappa shape index (κ3) is 4.40. The average Bonchev–Trinajstić information content (AvgIpc) is 2.18. The molecule has 0 spiro atoms. The van der Waals surface area contributed by atoms with E-state index in [-0.39, 0.29) is 0 Å². The lowest BCUT2D eigenvalue weighted by Crippen LogP contribution is -2.44. The van der Waals surface area contributed by atoms with Crippen molar-refractivity contribution in [2.24, 2.45) is 0 Å². The summed E-state index contributed by atoms with van der Waals surface area (Å²) in [6.07, 6.45) is 3.98. The summed E-state index contributed by atoms with van der Waals surface area (Å²) < 4.78 is 0. The van der Waals surface area contributed by atoms with Gasteiger partial charge in [-0.15, -0.1) is 0 Å². The van der Waals surface area contributed by atoms with E-state index >= 15 is 0 Å². The van der Waals surface area contributed by atoms with E-state index in [1.807, 2.05) is 0 Å². The van der Waals surface area contributed by atoms with Gasteiger partial charge in [-0.1, -0.05) is 0 Å². The molecule has 0 saturated carbocycles. The van der Waals surface area contributed by atoms with Gasteiger partial charge in [0, 0.05) is 12.6 Å². The van der Waals surface area contributed by atoms with E-state index in [0.717, 1.165) is 6.04 Å². The van der Waals surface area contributed by atoms with Crippen LogP contribution in [0.1, 0.15) is 19.3 Å². The number of nitrogens with zero attached hydrogens (tertiary/aromatic N) is 2. The Morgan fingerprint density at radius 3 is 2.57 bits per heavy atom. The van der Waals surface area contributed by atoms with Crippen molar-refractivity contribution in [1.82, 2.24) is 15.1 Å². The first kappa shape index (κ1) is 12.0. The topological polar surface area (TPSA) is 18.5 Å². The SMILES string of the molecule is CN(C)CCCN(C)[C@H]1CCCNC1. The Kier molecular flexibility index (Phi) is 5.45. The van der Waals surface area contributed by atoms with Gasteiger partial charge < -0.3 is 15.1 Å². The minimum Gasteiger partial charge on any atom is -0.315 e. The number of nitrogens with one attached hydrogen (secondary N) is 1. The minimum absolute atomic E-state index is 0.769. The van der Waals surface area contributed by atoms with Crippen LogP contribution < -0.4 is 5.32 Å². The van der Waals surface area contributed by atoms with E-state index < -0.39 is 0 Å². The summed E-state index contributed by atoms with van der Waals surface area (Å²) in [6.45, 7) is 4.81. The van der Waals surface area contributed by atoms with Crippen LogP contribution in [0.15, 0.2) is 0 Å². The molecule has 1 saturated heterocycles. The van der Waals surface area contributed by atoms with E-state index in [1.54, 1.807) is 0 Å². The number of hydrogen-bond donors (Lipinski definition) is 1. The van der Waals surface area contributed by atoms with E-state index in [0.29, 0.717) is 0 Å². The zero-order valence-electron chi connectivity index (χ0n) is 9.92. The molecule has 84 valence electrons. The maximum absolute atomic E-state index is 3.46. The molecule has 1 aliphatic heterocycles. The summed E-state index contributed by atoms with van der Waals surface area (Å²) in [5.74, 6) is 0. The van der Waals surface area contributed by atoms with Gasteiger partial charge in [0.15, 0.2) is 0 Å². The van der Waals surface area contributed by atoms with Gasteiger partial charge >= 0.3 is 0 Å². The molecule has 0 unspecified atom stereocenters. The first-order chi connectivity index (χ1) is 6.70. The Labute approximate surface area is 88.5 Å². The highest BCUT2D eigenvalue weighted by Crippen LogP contribution is 2.08. The number of hydrogen-bond acceptors (Lipinski definition) is 3. The lowest BCUT2D eigenvalue weighted by Gasteiger charge is -2.31. The highest BCUT2D eigenvalue weighted by Gasteiger charge is 2.16. The van der Waals surface area contributed by atoms with Gasteiger partial charge in [-0.25, -0.2) is 0 Å². The maximum Gasteiger partial charge on any atom is 0.0218 e. The second-order valence-corrected chi connectivity index (χ2v) is 4.64. The van der Waals surface area contributed by atoms with E-state index in [2.05, 4.69) is 36.3 Å². The van der Waals surface area contributed by atoms with Gasteiger partial charge in [0.05, 0.1) is 0 Å². The van der Waals surface area contributed by atoms with Gasteiger partial charge in [0.2, 0.25) is 0 Å². The van der Waals surface area contributed by atoms with Crippen molar-refractivity contribution in [2.45, 2.75) is 25.3 Å². The molecule has 1 fully saturated rings. The predicted octanol–water partition coefficient (Wildman–Crippen LogP) is 0.622. The van der Waals surface area contributed by atoms with Gasteiger partial charge in [-0.05, 0) is 60.0 Å². The highest BCUT2D eigenvalue weighted by molar-refractivity contribution is 4.76. The van der Waals surface area contributed by atoms with Crippen LogP contribution in [0.4, 0.5) is 0 Å². The lowest BCUT2D eigenvalue weighted by molar-refractivity contribution is 0.195. The van der Waals surface area contributed by atoms with Crippen LogP contribution in [0.5, 0.6) is 0 Å². The Balaban J connectivity index is 2.10. The molecular weight excluding hydrogens is 174 g/mol. The van der Waals surface area contributed by atoms with Crippen molar-refractivity contribution in [2.75, 3.05) is 47.3 Å². The number of likely N-dealkylation sites (N-methyl/N-ethyl adjacent to an activating group) is 1. The van der Waals surface area contributed by atoms with Crippen LogP contribution in [0.25, 0.3) is 0 Å². The van der Waals surface area contributed by atoms with E-state index in [9.17, 15) is 0 Å². The van der Waals surface area contributed by atoms with Crippen molar-refractivity contribution in [3.63, 3.8) is 0 Å². The molecule has 1 aliphatic rings. The Bertz CT molecular complexity index is 141. The maximum atomic E-state index is 3.46. The van der Waals surface area contributed by atoms with Crippen molar-refractivity contribution >= 4 is 0 Å². The third-order valence-corrected chi connectivity index (χ3v) is 3.01. The quantitative estimate of drug-likeness (QED) is 0.700. The summed E-state index contributed by atoms with van der Waals surface area (Å²) in [7, 11) is 6.54. The minimum atomic E-state index is 0.769. The summed E-state index contributed by atoms with van der Waals surface area (Å²) >= 11 is 0. The summed E-state index contributed by atoms with van der Waals surface area (Å²) in [5.41, 5.74) is 0. The number of piperidine rings is 1. The molecule has 3 heteroatoms. The Morgan fingerprint density at radius 2 is 2.00 bits per heavy atom. The van der Waals surface area contributed by atoms with Crippen molar-refractivity contribution in [1.29, 1.82) is 0 Å². The lowest BCUT2D eigenvalue weighted by atomic mass is 10.1. The molecule has 0 aromatic rings. The molecule has 0 bridgehead atoms. The molecule has 1 rings (SSSR count). The average molecular weight is 199 g/mol. The van der Waals surface area contributed by atoms with Crippen LogP contribution in [0.2, 0.25) is 0 Å². The summed E-state index contributed by atoms with van der Waals surface area (Å²) in [5, 5.41) is 3.46. The molecule has 1 heterocycles. The fourth-order valence-corrected chi connectivity index (χ4v) is 2.03. The molecular formula is C11H25N3. The highest BCUT2D eigenvalue weighted by atomic mass is 15.2. The van der Waals surface area contributed by atoms with Crippen molar-refractivity contribution < 1.29 is 0 Å². The zero-order valence-corrected chi connectivity index (χ0v) is 9.92. The standard InChI is InChI=1S/C11H25N3/c1-13(2)8-5-9-14(3)11-6-4-7-12-10-11/h11-12H,4-10H2,1-3H3/t11-/m0/s1. The molecule has 0 aromatic heterocycles. The summed E-state index contributed by atoms with van der Waals surface area (Å²) in [4.78, 5) is 4.77. The molecule has 14 heavy (non-hydrogen) atoms. The first-order valence-corrected chi connectivity index (χ1v) is 5.76. The largest absolute Gasteiger partial charge is 0.315 e. The smallest absolute Gasteiger partial charge is 0.0218 e. The second kappa shape index (κ2) is 6.38. The van der Waals surface area contributed by atoms with Crippen LogP contribution >= 0.6 is 0 Å². The zero-order chi connectivity index (χ0) is 10.4. The molecule has 0 radical (unpaired) electrons. The van der Waals surface area contributed by atoms with E-state index in [4.69, 9.17) is 0 Å². The van der Waals surface area contributed by atoms with Gasteiger partial charge in [-0.3, -0.25) is 0 Å². The third-order valence-electron chi connectivity index (χ3n) is 3.01. The fraction of sp³-hybridized carbons (Fsp3) is 1.00. The molecule has 3 nitrogen and oxygen atoms in total. The van der Waals surface area contributed by atoms with Gasteiger partial charge in [0.1, 0.15) is 0 Å². The van der Waals surface area contributed by atoms with Gasteiger partial charge in [0.25, 0.3) is 0 Å². The molecule has 0 amide bonds. The van der Waals surface area contributed by atoms with Crippen LogP contribution in [-0.2, 0) is 0 Å². The van der Waals surface area contributed by atoms with E-state index in [1.165, 1.54) is 45.4 Å². The summed E-state index contributed by atoms with van der Waals surface area (Å²) in [6, 6.07) is 0.769. The monoisotopic (exact) mass is 199 g/mol. The van der Waals surface area contributed by atoms with Gasteiger partial charge in [-0.2, -0.15) is 0 Å².